The lowest BCUT2D eigenvalue weighted by Gasteiger charge is -2.33. The summed E-state index contributed by atoms with van der Waals surface area (Å²) in [7, 11) is 0. The second-order valence-corrected chi connectivity index (χ2v) is 5.01. The second kappa shape index (κ2) is 4.21. The lowest BCUT2D eigenvalue weighted by atomic mass is 9.86. The molecule has 90 valence electrons. The zero-order valence-corrected chi connectivity index (χ0v) is 9.74. The minimum absolute atomic E-state index is 0.103. The van der Waals surface area contributed by atoms with Crippen molar-refractivity contribution in [2.24, 2.45) is 11.1 Å². The van der Waals surface area contributed by atoms with Gasteiger partial charge in [-0.25, -0.2) is 0 Å². The topological polar surface area (TPSA) is 92.5 Å². The minimum atomic E-state index is -0.716. The van der Waals surface area contributed by atoms with Crippen LogP contribution >= 0.6 is 0 Å². The Kier molecular flexibility index (Phi) is 3.32. The van der Waals surface area contributed by atoms with Crippen molar-refractivity contribution in [1.29, 1.82) is 0 Å². The smallest absolute Gasteiger partial charge is 0.246 e. The van der Waals surface area contributed by atoms with E-state index in [4.69, 9.17) is 5.73 Å². The molecule has 0 radical (unpaired) electrons. The fourth-order valence-electron chi connectivity index (χ4n) is 1.36. The molecule has 1 atom stereocenters. The quantitative estimate of drug-likeness (QED) is 0.553. The Balaban J connectivity index is 2.74. The zero-order chi connectivity index (χ0) is 12.5. The predicted molar refractivity (Wildman–Crippen MR) is 57.2 cm³/mol. The molecule has 3 amide bonds. The Labute approximate surface area is 94.2 Å². The van der Waals surface area contributed by atoms with Crippen LogP contribution in [-0.2, 0) is 14.4 Å². The van der Waals surface area contributed by atoms with Crippen LogP contribution in [0.25, 0.3) is 0 Å². The third-order valence-electron chi connectivity index (χ3n) is 2.46. The molecule has 0 saturated carbocycles. The van der Waals surface area contributed by atoms with E-state index in [0.717, 1.165) is 0 Å². The van der Waals surface area contributed by atoms with Gasteiger partial charge in [-0.05, 0) is 5.41 Å². The first kappa shape index (κ1) is 12.6. The molecule has 1 heterocycles. The maximum absolute atomic E-state index is 11.9. The van der Waals surface area contributed by atoms with Crippen molar-refractivity contribution in [3.05, 3.63) is 0 Å². The molecule has 0 aromatic heterocycles. The number of piperazine rings is 1. The Morgan fingerprint density at radius 1 is 1.31 bits per heavy atom. The van der Waals surface area contributed by atoms with Gasteiger partial charge >= 0.3 is 0 Å². The molecule has 3 N–H and O–H groups in total. The van der Waals surface area contributed by atoms with Crippen molar-refractivity contribution in [1.82, 2.24) is 10.2 Å². The second-order valence-electron chi connectivity index (χ2n) is 5.01. The Morgan fingerprint density at radius 3 is 2.12 bits per heavy atom. The lowest BCUT2D eigenvalue weighted by Crippen LogP contribution is -2.58. The van der Waals surface area contributed by atoms with Gasteiger partial charge in [0.25, 0.3) is 0 Å². The number of rotatable bonds is 1. The zero-order valence-electron chi connectivity index (χ0n) is 9.74. The summed E-state index contributed by atoms with van der Waals surface area (Å²) in [6.07, 6.45) is 0. The summed E-state index contributed by atoms with van der Waals surface area (Å²) in [4.78, 5) is 35.3. The molecule has 0 spiro atoms. The summed E-state index contributed by atoms with van der Waals surface area (Å²) >= 11 is 0. The molecule has 16 heavy (non-hydrogen) atoms. The highest BCUT2D eigenvalue weighted by atomic mass is 16.2. The van der Waals surface area contributed by atoms with Crippen LogP contribution in [0.15, 0.2) is 0 Å². The maximum atomic E-state index is 11.9. The molecule has 1 rings (SSSR count). The number of imide groups is 1. The number of amides is 3. The fraction of sp³-hybridized carbons (Fsp3) is 0.700. The Hall–Kier alpha value is -1.43. The number of hydrogen-bond acceptors (Lipinski definition) is 4. The molecule has 0 aromatic rings. The molecule has 1 aliphatic heterocycles. The normalized spacial score (nSPS) is 19.4. The summed E-state index contributed by atoms with van der Waals surface area (Å²) in [6.45, 7) is 5.30. The minimum Gasteiger partial charge on any atom is -0.323 e. The number of nitrogens with one attached hydrogen (secondary N) is 1. The van der Waals surface area contributed by atoms with Crippen LogP contribution in [0.1, 0.15) is 20.8 Å². The standard InChI is InChI=1S/C10H17N3O3/c1-10(2,3)8(11)9(16)13-4-6(14)12-7(15)5-13/h8H,4-5,11H2,1-3H3,(H,12,14,15)/t8-/m1/s1. The molecule has 1 aliphatic rings. The van der Waals surface area contributed by atoms with Crippen LogP contribution in [0.5, 0.6) is 0 Å². The van der Waals surface area contributed by atoms with E-state index in [0.29, 0.717) is 0 Å². The van der Waals surface area contributed by atoms with Gasteiger partial charge in [0.05, 0.1) is 6.04 Å². The first-order valence-corrected chi connectivity index (χ1v) is 5.09. The van der Waals surface area contributed by atoms with Crippen LogP contribution in [-0.4, -0.2) is 41.8 Å². The first-order valence-electron chi connectivity index (χ1n) is 5.09. The fourth-order valence-corrected chi connectivity index (χ4v) is 1.36. The van der Waals surface area contributed by atoms with Crippen molar-refractivity contribution >= 4 is 17.7 Å². The van der Waals surface area contributed by atoms with Gasteiger partial charge in [0.2, 0.25) is 17.7 Å². The lowest BCUT2D eigenvalue weighted by molar-refractivity contribution is -0.147. The summed E-state index contributed by atoms with van der Waals surface area (Å²) in [6, 6.07) is -0.716. The van der Waals surface area contributed by atoms with Crippen LogP contribution in [0.4, 0.5) is 0 Å². The van der Waals surface area contributed by atoms with E-state index in [2.05, 4.69) is 5.32 Å². The SMILES string of the molecule is CC(C)(C)[C@H](N)C(=O)N1CC(=O)NC(=O)C1. The average Bonchev–Trinajstić information content (AvgIpc) is 2.12. The van der Waals surface area contributed by atoms with Crippen molar-refractivity contribution < 1.29 is 14.4 Å². The summed E-state index contributed by atoms with van der Waals surface area (Å²) in [5, 5.41) is 2.13. The van der Waals surface area contributed by atoms with Gasteiger partial charge in [0, 0.05) is 0 Å². The van der Waals surface area contributed by atoms with E-state index >= 15 is 0 Å². The first-order chi connectivity index (χ1) is 7.21. The molecule has 1 fully saturated rings. The van der Waals surface area contributed by atoms with Crippen LogP contribution in [0.2, 0.25) is 0 Å². The Morgan fingerprint density at radius 2 is 1.75 bits per heavy atom. The van der Waals surface area contributed by atoms with Crippen molar-refractivity contribution in [3.63, 3.8) is 0 Å². The molecule has 6 nitrogen and oxygen atoms in total. The molecular formula is C10H17N3O3. The third kappa shape index (κ3) is 2.79. The molecule has 1 saturated heterocycles. The highest BCUT2D eigenvalue weighted by Crippen LogP contribution is 2.19. The van der Waals surface area contributed by atoms with E-state index in [1.165, 1.54) is 4.90 Å². The number of nitrogens with zero attached hydrogens (tertiary/aromatic N) is 1. The summed E-state index contributed by atoms with van der Waals surface area (Å²) < 4.78 is 0. The van der Waals surface area contributed by atoms with Gasteiger partial charge in [-0.1, -0.05) is 20.8 Å². The van der Waals surface area contributed by atoms with E-state index < -0.39 is 23.3 Å². The molecular weight excluding hydrogens is 210 g/mol. The molecule has 0 aliphatic carbocycles. The number of hydrogen-bond donors (Lipinski definition) is 2. The number of carbonyl (C=O) groups excluding carboxylic acids is 3. The van der Waals surface area contributed by atoms with E-state index in [-0.39, 0.29) is 19.0 Å². The highest BCUT2D eigenvalue weighted by Gasteiger charge is 2.34. The van der Waals surface area contributed by atoms with Gasteiger partial charge in [-0.3, -0.25) is 19.7 Å². The number of nitrogens with two attached hydrogens (primary N) is 1. The predicted octanol–water partition coefficient (Wildman–Crippen LogP) is -1.16. The largest absolute Gasteiger partial charge is 0.323 e. The van der Waals surface area contributed by atoms with Crippen LogP contribution in [0.3, 0.4) is 0 Å². The van der Waals surface area contributed by atoms with Gasteiger partial charge in [0.1, 0.15) is 13.1 Å². The Bertz CT molecular complexity index is 317. The maximum Gasteiger partial charge on any atom is 0.246 e. The van der Waals surface area contributed by atoms with Gasteiger partial charge < -0.3 is 10.6 Å². The van der Waals surface area contributed by atoms with Crippen molar-refractivity contribution in [2.75, 3.05) is 13.1 Å². The van der Waals surface area contributed by atoms with Gasteiger partial charge in [-0.2, -0.15) is 0 Å². The number of carbonyl (C=O) groups is 3. The van der Waals surface area contributed by atoms with Gasteiger partial charge in [-0.15, -0.1) is 0 Å². The average molecular weight is 227 g/mol. The molecule has 0 unspecified atom stereocenters. The highest BCUT2D eigenvalue weighted by molar-refractivity contribution is 6.03. The molecule has 0 aromatic carbocycles. The van der Waals surface area contributed by atoms with Gasteiger partial charge in [0.15, 0.2) is 0 Å². The van der Waals surface area contributed by atoms with E-state index in [1.807, 2.05) is 20.8 Å². The monoisotopic (exact) mass is 227 g/mol. The summed E-state index contributed by atoms with van der Waals surface area (Å²) in [5.74, 6) is -1.30. The van der Waals surface area contributed by atoms with Crippen LogP contribution in [0, 0.1) is 5.41 Å². The van der Waals surface area contributed by atoms with Crippen molar-refractivity contribution in [2.45, 2.75) is 26.8 Å². The third-order valence-corrected chi connectivity index (χ3v) is 2.46. The van der Waals surface area contributed by atoms with E-state index in [9.17, 15) is 14.4 Å². The van der Waals surface area contributed by atoms with Crippen LogP contribution < -0.4 is 11.1 Å². The molecule has 0 bridgehead atoms. The molecule has 6 heteroatoms. The summed E-state index contributed by atoms with van der Waals surface area (Å²) in [5.41, 5.74) is 5.39. The van der Waals surface area contributed by atoms with E-state index in [1.54, 1.807) is 0 Å². The van der Waals surface area contributed by atoms with Crippen molar-refractivity contribution in [3.8, 4) is 0 Å².